The number of halogens is 4. The summed E-state index contributed by atoms with van der Waals surface area (Å²) >= 11 is 0. The van der Waals surface area contributed by atoms with Gasteiger partial charge < -0.3 is 24.3 Å². The summed E-state index contributed by atoms with van der Waals surface area (Å²) in [4.78, 5) is 13.6. The van der Waals surface area contributed by atoms with Gasteiger partial charge >= 0.3 is 6.18 Å². The van der Waals surface area contributed by atoms with Crippen LogP contribution in [0.1, 0.15) is 56.2 Å². The van der Waals surface area contributed by atoms with Gasteiger partial charge in [-0.2, -0.15) is 13.2 Å². The van der Waals surface area contributed by atoms with Crippen molar-refractivity contribution < 1.29 is 41.3 Å². The Morgan fingerprint density at radius 1 is 1.05 bits per heavy atom. The number of carbonyl (C=O) groups excluding carboxylic acids is 1. The number of benzene rings is 2. The van der Waals surface area contributed by atoms with Gasteiger partial charge in [-0.1, -0.05) is 30.3 Å². The maximum atomic E-state index is 14.3. The SMILES string of the molecule is CC1(C)O[C@H]2[C@H](OCc3ccccc3F)C[C@](OCc3cccc(C(F)(F)F)c3)(C(=O)NC3CC3)C[C@H]2O1. The second kappa shape index (κ2) is 10.2. The van der Waals surface area contributed by atoms with E-state index in [2.05, 4.69) is 5.32 Å². The van der Waals surface area contributed by atoms with Gasteiger partial charge in [0, 0.05) is 24.4 Å². The number of carbonyl (C=O) groups is 1. The lowest BCUT2D eigenvalue weighted by Crippen LogP contribution is -2.60. The summed E-state index contributed by atoms with van der Waals surface area (Å²) in [5, 5.41) is 2.98. The third kappa shape index (κ3) is 6.03. The second-order valence-electron chi connectivity index (χ2n) is 10.7. The fourth-order valence-electron chi connectivity index (χ4n) is 5.12. The van der Waals surface area contributed by atoms with Crippen LogP contribution >= 0.6 is 0 Å². The Morgan fingerprint density at radius 2 is 1.82 bits per heavy atom. The molecule has 38 heavy (non-hydrogen) atoms. The molecule has 2 saturated carbocycles. The molecule has 0 bridgehead atoms. The van der Waals surface area contributed by atoms with Crippen LogP contribution in [-0.4, -0.2) is 41.6 Å². The van der Waals surface area contributed by atoms with Crippen LogP contribution < -0.4 is 5.32 Å². The standard InChI is InChI=1S/C28H31F4NO5/c1-26(2)37-23-14-27(25(34)33-20-10-11-20,36-15-17-6-5-8-19(12-17)28(30,31)32)13-22(24(23)38-26)35-16-18-7-3-4-9-21(18)29/h3-9,12,20,22-24H,10-11,13-16H2,1-2H3,(H,33,34)/t22-,23-,24+,27-/m1/s1. The van der Waals surface area contributed by atoms with Crippen molar-refractivity contribution in [3.63, 3.8) is 0 Å². The van der Waals surface area contributed by atoms with E-state index in [1.54, 1.807) is 32.0 Å². The van der Waals surface area contributed by atoms with Gasteiger partial charge in [-0.05, 0) is 50.5 Å². The van der Waals surface area contributed by atoms with Crippen LogP contribution in [0.15, 0.2) is 48.5 Å². The zero-order chi connectivity index (χ0) is 27.1. The largest absolute Gasteiger partial charge is 0.416 e. The average Bonchev–Trinajstić information content (AvgIpc) is 3.61. The third-order valence-corrected chi connectivity index (χ3v) is 7.16. The molecule has 0 spiro atoms. The second-order valence-corrected chi connectivity index (χ2v) is 10.7. The highest BCUT2D eigenvalue weighted by atomic mass is 19.4. The molecule has 1 heterocycles. The number of fused-ring (bicyclic) bond motifs is 1. The van der Waals surface area contributed by atoms with Crippen molar-refractivity contribution >= 4 is 5.91 Å². The van der Waals surface area contributed by atoms with Crippen LogP contribution in [0.3, 0.4) is 0 Å². The van der Waals surface area contributed by atoms with E-state index in [-0.39, 0.29) is 43.6 Å². The molecule has 2 aromatic rings. The molecule has 3 aliphatic rings. The van der Waals surface area contributed by atoms with Crippen LogP contribution in [0.2, 0.25) is 0 Å². The third-order valence-electron chi connectivity index (χ3n) is 7.16. The molecule has 1 amide bonds. The van der Waals surface area contributed by atoms with Gasteiger partial charge in [0.15, 0.2) is 11.4 Å². The topological polar surface area (TPSA) is 66.0 Å². The summed E-state index contributed by atoms with van der Waals surface area (Å²) in [5.74, 6) is -1.72. The lowest BCUT2D eigenvalue weighted by atomic mass is 9.78. The minimum absolute atomic E-state index is 0.0317. The van der Waals surface area contributed by atoms with Crippen molar-refractivity contribution in [1.29, 1.82) is 0 Å². The first-order valence-electron chi connectivity index (χ1n) is 12.8. The summed E-state index contributed by atoms with van der Waals surface area (Å²) in [7, 11) is 0. The Bertz CT molecular complexity index is 1170. The first-order chi connectivity index (χ1) is 17.9. The summed E-state index contributed by atoms with van der Waals surface area (Å²) in [6.45, 7) is 3.24. The van der Waals surface area contributed by atoms with Gasteiger partial charge in [-0.25, -0.2) is 4.39 Å². The van der Waals surface area contributed by atoms with Gasteiger partial charge in [-0.3, -0.25) is 4.79 Å². The normalized spacial score (nSPS) is 28.6. The number of alkyl halides is 3. The molecule has 1 N–H and O–H groups in total. The molecule has 2 aliphatic carbocycles. The number of ether oxygens (including phenoxy) is 4. The van der Waals surface area contributed by atoms with E-state index in [9.17, 15) is 22.4 Å². The fourth-order valence-corrected chi connectivity index (χ4v) is 5.12. The van der Waals surface area contributed by atoms with E-state index in [1.165, 1.54) is 18.2 Å². The number of hydrogen-bond acceptors (Lipinski definition) is 5. The molecule has 4 atom stereocenters. The molecule has 6 nitrogen and oxygen atoms in total. The van der Waals surface area contributed by atoms with E-state index in [1.807, 2.05) is 0 Å². The van der Waals surface area contributed by atoms with Crippen LogP contribution in [0, 0.1) is 5.82 Å². The van der Waals surface area contributed by atoms with E-state index in [0.29, 0.717) is 5.56 Å². The fraction of sp³-hybridized carbons (Fsp3) is 0.536. The molecule has 10 heteroatoms. The minimum atomic E-state index is -4.50. The lowest BCUT2D eigenvalue weighted by Gasteiger charge is -2.43. The summed E-state index contributed by atoms with van der Waals surface area (Å²) in [5.41, 5.74) is -1.60. The van der Waals surface area contributed by atoms with Crippen molar-refractivity contribution in [2.45, 2.75) is 94.7 Å². The van der Waals surface area contributed by atoms with Crippen molar-refractivity contribution in [3.8, 4) is 0 Å². The van der Waals surface area contributed by atoms with Crippen molar-refractivity contribution in [2.24, 2.45) is 0 Å². The number of amides is 1. The van der Waals surface area contributed by atoms with E-state index < -0.39 is 47.3 Å². The Balaban J connectivity index is 1.41. The Kier molecular flexibility index (Phi) is 7.28. The highest BCUT2D eigenvalue weighted by Crippen LogP contribution is 2.45. The number of hydrogen-bond donors (Lipinski definition) is 1. The highest BCUT2D eigenvalue weighted by molar-refractivity contribution is 5.86. The smallest absolute Gasteiger partial charge is 0.370 e. The molecule has 1 aliphatic heterocycles. The van der Waals surface area contributed by atoms with E-state index in [4.69, 9.17) is 18.9 Å². The van der Waals surface area contributed by atoms with Crippen LogP contribution in [-0.2, 0) is 43.1 Å². The Morgan fingerprint density at radius 3 is 2.53 bits per heavy atom. The van der Waals surface area contributed by atoms with Crippen LogP contribution in [0.25, 0.3) is 0 Å². The van der Waals surface area contributed by atoms with Gasteiger partial charge in [0.25, 0.3) is 5.91 Å². The predicted octanol–water partition coefficient (Wildman–Crippen LogP) is 5.28. The maximum Gasteiger partial charge on any atom is 0.416 e. The van der Waals surface area contributed by atoms with Crippen molar-refractivity contribution in [2.75, 3.05) is 0 Å². The highest BCUT2D eigenvalue weighted by Gasteiger charge is 2.58. The maximum absolute atomic E-state index is 14.3. The molecule has 0 unspecified atom stereocenters. The molecule has 0 aromatic heterocycles. The minimum Gasteiger partial charge on any atom is -0.370 e. The molecule has 206 valence electrons. The summed E-state index contributed by atoms with van der Waals surface area (Å²) in [6, 6.07) is 11.1. The van der Waals surface area contributed by atoms with E-state index >= 15 is 0 Å². The first kappa shape index (κ1) is 27.1. The molecule has 3 fully saturated rings. The zero-order valence-electron chi connectivity index (χ0n) is 21.2. The van der Waals surface area contributed by atoms with Crippen LogP contribution in [0.4, 0.5) is 17.6 Å². The lowest BCUT2D eigenvalue weighted by molar-refractivity contribution is -0.183. The molecular weight excluding hydrogens is 506 g/mol. The van der Waals surface area contributed by atoms with Crippen LogP contribution in [0.5, 0.6) is 0 Å². The zero-order valence-corrected chi connectivity index (χ0v) is 21.2. The average molecular weight is 538 g/mol. The van der Waals surface area contributed by atoms with Gasteiger partial charge in [-0.15, -0.1) is 0 Å². The monoisotopic (exact) mass is 537 g/mol. The number of nitrogens with one attached hydrogen (secondary N) is 1. The first-order valence-corrected chi connectivity index (χ1v) is 12.8. The van der Waals surface area contributed by atoms with Gasteiger partial charge in [0.1, 0.15) is 11.9 Å². The molecular formula is C28H31F4NO5. The summed E-state index contributed by atoms with van der Waals surface area (Å²) in [6.07, 6.45) is -4.39. The summed E-state index contributed by atoms with van der Waals surface area (Å²) < 4.78 is 78.7. The van der Waals surface area contributed by atoms with Crippen molar-refractivity contribution in [1.82, 2.24) is 5.32 Å². The molecule has 0 radical (unpaired) electrons. The predicted molar refractivity (Wildman–Crippen MR) is 128 cm³/mol. The molecule has 1 saturated heterocycles. The molecule has 2 aromatic carbocycles. The van der Waals surface area contributed by atoms with E-state index in [0.717, 1.165) is 25.0 Å². The van der Waals surface area contributed by atoms with Gasteiger partial charge in [0.05, 0.1) is 31.0 Å². The van der Waals surface area contributed by atoms with Crippen molar-refractivity contribution in [3.05, 3.63) is 71.0 Å². The number of rotatable bonds is 8. The Hall–Kier alpha value is -2.53. The van der Waals surface area contributed by atoms with Gasteiger partial charge in [0.2, 0.25) is 0 Å². The quantitative estimate of drug-likeness (QED) is 0.465. The molecule has 5 rings (SSSR count). The Labute approximate surface area is 218 Å².